The van der Waals surface area contributed by atoms with Crippen LogP contribution in [0.15, 0.2) is 42.6 Å². The molecular formula is C17H20FN3O3. The minimum absolute atomic E-state index is 0.177. The number of rotatable bonds is 7. The Labute approximate surface area is 139 Å². The van der Waals surface area contributed by atoms with Crippen LogP contribution in [0.5, 0.6) is 0 Å². The molecule has 0 unspecified atom stereocenters. The van der Waals surface area contributed by atoms with Gasteiger partial charge in [-0.1, -0.05) is 12.1 Å². The monoisotopic (exact) mass is 333 g/mol. The number of hydrogen-bond donors (Lipinski definition) is 2. The molecule has 24 heavy (non-hydrogen) atoms. The Morgan fingerprint density at radius 2 is 2.04 bits per heavy atom. The molecule has 0 saturated carbocycles. The van der Waals surface area contributed by atoms with Gasteiger partial charge in [-0.2, -0.15) is 0 Å². The van der Waals surface area contributed by atoms with Crippen LogP contribution in [0.4, 0.5) is 9.18 Å². The predicted molar refractivity (Wildman–Crippen MR) is 86.8 cm³/mol. The highest BCUT2D eigenvalue weighted by Crippen LogP contribution is 2.09. The molecule has 0 fully saturated rings. The fraction of sp³-hybridized carbons (Fsp3) is 0.294. The molecule has 7 heteroatoms. The first-order valence-corrected chi connectivity index (χ1v) is 7.64. The van der Waals surface area contributed by atoms with E-state index in [4.69, 9.17) is 4.74 Å². The van der Waals surface area contributed by atoms with E-state index in [9.17, 15) is 14.0 Å². The number of esters is 1. The molecule has 0 aliphatic rings. The van der Waals surface area contributed by atoms with Gasteiger partial charge >= 0.3 is 12.0 Å². The molecule has 2 aromatic rings. The van der Waals surface area contributed by atoms with Crippen LogP contribution < -0.4 is 10.6 Å². The molecule has 128 valence electrons. The zero-order valence-electron chi connectivity index (χ0n) is 13.4. The van der Waals surface area contributed by atoms with Gasteiger partial charge in [0.05, 0.1) is 13.2 Å². The van der Waals surface area contributed by atoms with Gasteiger partial charge in [0.25, 0.3) is 0 Å². The largest absolute Gasteiger partial charge is 0.465 e. The van der Waals surface area contributed by atoms with E-state index < -0.39 is 12.0 Å². The molecule has 2 rings (SSSR count). The Morgan fingerprint density at radius 1 is 1.21 bits per heavy atom. The van der Waals surface area contributed by atoms with Gasteiger partial charge < -0.3 is 19.9 Å². The first kappa shape index (κ1) is 17.5. The molecule has 6 nitrogen and oxygen atoms in total. The highest BCUT2D eigenvalue weighted by Gasteiger charge is 2.07. The third-order valence-corrected chi connectivity index (χ3v) is 3.29. The van der Waals surface area contributed by atoms with Crippen LogP contribution >= 0.6 is 0 Å². The van der Waals surface area contributed by atoms with Gasteiger partial charge in [0, 0.05) is 18.4 Å². The number of carbonyl (C=O) groups excluding carboxylic acids is 2. The van der Waals surface area contributed by atoms with E-state index in [1.54, 1.807) is 13.0 Å². The van der Waals surface area contributed by atoms with Gasteiger partial charge in [0.15, 0.2) is 0 Å². The molecule has 0 saturated heterocycles. The van der Waals surface area contributed by atoms with E-state index in [-0.39, 0.29) is 25.5 Å². The summed E-state index contributed by atoms with van der Waals surface area (Å²) >= 11 is 0. The summed E-state index contributed by atoms with van der Waals surface area (Å²) in [4.78, 5) is 22.8. The summed E-state index contributed by atoms with van der Waals surface area (Å²) in [6.45, 7) is 2.59. The van der Waals surface area contributed by atoms with E-state index in [1.807, 2.05) is 29.0 Å². The lowest BCUT2D eigenvalue weighted by molar-refractivity contribution is -0.141. The second-order valence-electron chi connectivity index (χ2n) is 5.10. The molecule has 0 atom stereocenters. The maximum atomic E-state index is 13.2. The normalized spacial score (nSPS) is 10.2. The fourth-order valence-electron chi connectivity index (χ4n) is 2.19. The predicted octanol–water partition coefficient (Wildman–Crippen LogP) is 2.04. The van der Waals surface area contributed by atoms with Gasteiger partial charge in [-0.05, 0) is 36.8 Å². The van der Waals surface area contributed by atoms with Crippen LogP contribution in [0.2, 0.25) is 0 Å². The molecule has 0 spiro atoms. The number of hydrogen-bond acceptors (Lipinski definition) is 3. The van der Waals surface area contributed by atoms with Crippen LogP contribution in [0, 0.1) is 5.82 Å². The van der Waals surface area contributed by atoms with Crippen LogP contribution in [-0.4, -0.2) is 29.7 Å². The van der Waals surface area contributed by atoms with E-state index in [0.29, 0.717) is 6.54 Å². The number of nitrogens with one attached hydrogen (secondary N) is 2. The standard InChI is InChI=1S/C17H20FN3O3/c1-2-24-16(22)11-20-17(23)19-10-15-7-4-8-21(15)12-13-5-3-6-14(18)9-13/h3-9H,2,10-12H2,1H3,(H2,19,20,23). The second kappa shape index (κ2) is 8.71. The second-order valence-corrected chi connectivity index (χ2v) is 5.10. The lowest BCUT2D eigenvalue weighted by Gasteiger charge is -2.11. The van der Waals surface area contributed by atoms with Crippen molar-refractivity contribution in [3.05, 3.63) is 59.7 Å². The van der Waals surface area contributed by atoms with Crippen molar-refractivity contribution in [2.24, 2.45) is 0 Å². The van der Waals surface area contributed by atoms with Crippen molar-refractivity contribution in [3.8, 4) is 0 Å². The zero-order chi connectivity index (χ0) is 17.4. The number of urea groups is 1. The first-order valence-electron chi connectivity index (χ1n) is 7.64. The van der Waals surface area contributed by atoms with Crippen LogP contribution in [-0.2, 0) is 22.6 Å². The molecular weight excluding hydrogens is 313 g/mol. The third-order valence-electron chi connectivity index (χ3n) is 3.29. The number of benzene rings is 1. The molecule has 0 aliphatic carbocycles. The maximum absolute atomic E-state index is 13.2. The summed E-state index contributed by atoms with van der Waals surface area (Å²) < 4.78 is 19.9. The average molecular weight is 333 g/mol. The van der Waals surface area contributed by atoms with E-state index >= 15 is 0 Å². The maximum Gasteiger partial charge on any atom is 0.325 e. The summed E-state index contributed by atoms with van der Waals surface area (Å²) in [5.74, 6) is -0.764. The number of nitrogens with zero attached hydrogens (tertiary/aromatic N) is 1. The molecule has 0 aliphatic heterocycles. The highest BCUT2D eigenvalue weighted by atomic mass is 19.1. The number of ether oxygens (including phenoxy) is 1. The fourth-order valence-corrected chi connectivity index (χ4v) is 2.19. The summed E-state index contributed by atoms with van der Waals surface area (Å²) in [6.07, 6.45) is 1.86. The van der Waals surface area contributed by atoms with Crippen molar-refractivity contribution in [1.82, 2.24) is 15.2 Å². The molecule has 1 aromatic carbocycles. The number of halogens is 1. The van der Waals surface area contributed by atoms with Crippen LogP contribution in [0.1, 0.15) is 18.2 Å². The zero-order valence-corrected chi connectivity index (χ0v) is 13.4. The van der Waals surface area contributed by atoms with E-state index in [1.165, 1.54) is 12.1 Å². The number of carbonyl (C=O) groups is 2. The molecule has 0 radical (unpaired) electrons. The Hall–Kier alpha value is -2.83. The van der Waals surface area contributed by atoms with Gasteiger partial charge in [0.2, 0.25) is 0 Å². The van der Waals surface area contributed by atoms with E-state index in [0.717, 1.165) is 11.3 Å². The highest BCUT2D eigenvalue weighted by molar-refractivity contribution is 5.80. The number of aromatic nitrogens is 1. The Balaban J connectivity index is 1.84. The Morgan fingerprint density at radius 3 is 2.79 bits per heavy atom. The minimum Gasteiger partial charge on any atom is -0.465 e. The SMILES string of the molecule is CCOC(=O)CNC(=O)NCc1cccn1Cc1cccc(F)c1. The van der Waals surface area contributed by atoms with Crippen molar-refractivity contribution in [3.63, 3.8) is 0 Å². The van der Waals surface area contributed by atoms with Crippen molar-refractivity contribution < 1.29 is 18.7 Å². The van der Waals surface area contributed by atoms with Crippen LogP contribution in [0.3, 0.4) is 0 Å². The lowest BCUT2D eigenvalue weighted by Crippen LogP contribution is -2.38. The Bertz CT molecular complexity index is 700. The molecule has 1 aromatic heterocycles. The van der Waals surface area contributed by atoms with Gasteiger partial charge in [0.1, 0.15) is 12.4 Å². The first-order chi connectivity index (χ1) is 11.6. The smallest absolute Gasteiger partial charge is 0.325 e. The Kier molecular flexibility index (Phi) is 6.36. The molecule has 1 heterocycles. The lowest BCUT2D eigenvalue weighted by atomic mass is 10.2. The van der Waals surface area contributed by atoms with Crippen LogP contribution in [0.25, 0.3) is 0 Å². The molecule has 0 bridgehead atoms. The third kappa shape index (κ3) is 5.42. The van der Waals surface area contributed by atoms with Gasteiger partial charge in [-0.25, -0.2) is 9.18 Å². The van der Waals surface area contributed by atoms with Gasteiger partial charge in [-0.15, -0.1) is 0 Å². The summed E-state index contributed by atoms with van der Waals surface area (Å²) in [7, 11) is 0. The summed E-state index contributed by atoms with van der Waals surface area (Å²) in [5.41, 5.74) is 1.70. The van der Waals surface area contributed by atoms with Gasteiger partial charge in [-0.3, -0.25) is 4.79 Å². The summed E-state index contributed by atoms with van der Waals surface area (Å²) in [5, 5.41) is 5.09. The van der Waals surface area contributed by atoms with Crippen molar-refractivity contribution >= 4 is 12.0 Å². The van der Waals surface area contributed by atoms with E-state index in [2.05, 4.69) is 10.6 Å². The van der Waals surface area contributed by atoms with Crippen molar-refractivity contribution in [2.75, 3.05) is 13.2 Å². The summed E-state index contributed by atoms with van der Waals surface area (Å²) in [6, 6.07) is 9.64. The quantitative estimate of drug-likeness (QED) is 0.762. The van der Waals surface area contributed by atoms with Crippen molar-refractivity contribution in [1.29, 1.82) is 0 Å². The minimum atomic E-state index is -0.484. The van der Waals surface area contributed by atoms with Crippen molar-refractivity contribution in [2.45, 2.75) is 20.0 Å². The molecule has 2 amide bonds. The topological polar surface area (TPSA) is 72.4 Å². The number of amides is 2. The molecule has 2 N–H and O–H groups in total. The average Bonchev–Trinajstić information content (AvgIpc) is 2.98.